The van der Waals surface area contributed by atoms with Crippen LogP contribution in [0, 0.1) is 5.92 Å². The highest BCUT2D eigenvalue weighted by molar-refractivity contribution is 5.79. The van der Waals surface area contributed by atoms with Crippen LogP contribution >= 0.6 is 0 Å². The van der Waals surface area contributed by atoms with Crippen molar-refractivity contribution in [3.8, 4) is 11.5 Å². The SMILES string of the molecule is CCNC(=NCC1CN(CC(C)C)CCO1)NCCc1ccc(O)c(OC)c1. The Kier molecular flexibility index (Phi) is 9.37. The van der Waals surface area contributed by atoms with Gasteiger partial charge in [-0.1, -0.05) is 19.9 Å². The number of phenolic OH excluding ortho intramolecular Hbond substituents is 1. The van der Waals surface area contributed by atoms with Crippen molar-refractivity contribution in [1.82, 2.24) is 15.5 Å². The van der Waals surface area contributed by atoms with Crippen LogP contribution < -0.4 is 15.4 Å². The Balaban J connectivity index is 1.83. The summed E-state index contributed by atoms with van der Waals surface area (Å²) in [7, 11) is 1.56. The number of guanidine groups is 1. The van der Waals surface area contributed by atoms with E-state index in [-0.39, 0.29) is 11.9 Å². The molecule has 2 rings (SSSR count). The van der Waals surface area contributed by atoms with Crippen LogP contribution in [0.25, 0.3) is 0 Å². The number of methoxy groups -OCH3 is 1. The first kappa shape index (κ1) is 22.3. The first-order valence-electron chi connectivity index (χ1n) is 10.2. The van der Waals surface area contributed by atoms with Crippen molar-refractivity contribution in [2.75, 3.05) is 53.0 Å². The highest BCUT2D eigenvalue weighted by atomic mass is 16.5. The molecule has 0 amide bonds. The van der Waals surface area contributed by atoms with Crippen LogP contribution in [-0.4, -0.2) is 75.1 Å². The molecule has 1 aliphatic rings. The number of hydrogen-bond acceptors (Lipinski definition) is 5. The number of hydrogen-bond donors (Lipinski definition) is 3. The van der Waals surface area contributed by atoms with Gasteiger partial charge in [0, 0.05) is 32.7 Å². The summed E-state index contributed by atoms with van der Waals surface area (Å²) >= 11 is 0. The lowest BCUT2D eigenvalue weighted by molar-refractivity contribution is -0.0261. The molecule has 1 heterocycles. The Hall–Kier alpha value is -1.99. The number of aromatic hydroxyl groups is 1. The van der Waals surface area contributed by atoms with Gasteiger partial charge < -0.3 is 25.2 Å². The molecule has 0 bridgehead atoms. The van der Waals surface area contributed by atoms with Crippen molar-refractivity contribution < 1.29 is 14.6 Å². The topological polar surface area (TPSA) is 78.4 Å². The van der Waals surface area contributed by atoms with E-state index in [1.165, 1.54) is 0 Å². The second-order valence-electron chi connectivity index (χ2n) is 7.55. The average Bonchev–Trinajstić information content (AvgIpc) is 2.67. The minimum atomic E-state index is 0.143. The highest BCUT2D eigenvalue weighted by Crippen LogP contribution is 2.26. The molecule has 0 saturated carbocycles. The molecule has 1 fully saturated rings. The molecule has 7 heteroatoms. The van der Waals surface area contributed by atoms with Gasteiger partial charge in [0.2, 0.25) is 0 Å². The second kappa shape index (κ2) is 11.8. The average molecular weight is 393 g/mol. The van der Waals surface area contributed by atoms with E-state index in [9.17, 15) is 5.11 Å². The number of benzene rings is 1. The third kappa shape index (κ3) is 7.56. The Labute approximate surface area is 169 Å². The minimum absolute atomic E-state index is 0.143. The molecule has 3 N–H and O–H groups in total. The fourth-order valence-electron chi connectivity index (χ4n) is 3.31. The largest absolute Gasteiger partial charge is 0.504 e. The maximum atomic E-state index is 9.69. The van der Waals surface area contributed by atoms with E-state index in [0.717, 1.165) is 57.3 Å². The molecule has 1 atom stereocenters. The monoisotopic (exact) mass is 392 g/mol. The van der Waals surface area contributed by atoms with E-state index in [0.29, 0.717) is 18.2 Å². The molecule has 1 aromatic carbocycles. The Morgan fingerprint density at radius 2 is 2.21 bits per heavy atom. The predicted molar refractivity (Wildman–Crippen MR) is 113 cm³/mol. The minimum Gasteiger partial charge on any atom is -0.504 e. The number of aliphatic imine (C=N–C) groups is 1. The van der Waals surface area contributed by atoms with Gasteiger partial charge in [0.25, 0.3) is 0 Å². The summed E-state index contributed by atoms with van der Waals surface area (Å²) in [6.45, 7) is 12.6. The Morgan fingerprint density at radius 1 is 1.39 bits per heavy atom. The fraction of sp³-hybridized carbons (Fsp3) is 0.667. The van der Waals surface area contributed by atoms with E-state index in [1.54, 1.807) is 13.2 Å². The summed E-state index contributed by atoms with van der Waals surface area (Å²) in [6.07, 6.45) is 0.952. The van der Waals surface area contributed by atoms with Gasteiger partial charge in [0.1, 0.15) is 0 Å². The standard InChI is InChI=1S/C21H36N4O3/c1-5-22-21(23-9-8-17-6-7-19(26)20(12-17)27-4)24-13-18-15-25(10-11-28-18)14-16(2)3/h6-7,12,16,18,26H,5,8-11,13-15H2,1-4H3,(H2,22,23,24). The molecule has 158 valence electrons. The van der Waals surface area contributed by atoms with Crippen molar-refractivity contribution in [3.63, 3.8) is 0 Å². The van der Waals surface area contributed by atoms with E-state index in [4.69, 9.17) is 14.5 Å². The lowest BCUT2D eigenvalue weighted by Crippen LogP contribution is -2.46. The van der Waals surface area contributed by atoms with Gasteiger partial charge in [0.15, 0.2) is 17.5 Å². The third-order valence-corrected chi connectivity index (χ3v) is 4.59. The lowest BCUT2D eigenvalue weighted by atomic mass is 10.1. The van der Waals surface area contributed by atoms with Crippen LogP contribution in [-0.2, 0) is 11.2 Å². The van der Waals surface area contributed by atoms with Gasteiger partial charge in [-0.05, 0) is 37.0 Å². The lowest BCUT2D eigenvalue weighted by Gasteiger charge is -2.33. The van der Waals surface area contributed by atoms with Gasteiger partial charge in [-0.25, -0.2) is 0 Å². The number of morpholine rings is 1. The first-order valence-corrected chi connectivity index (χ1v) is 10.2. The smallest absolute Gasteiger partial charge is 0.191 e. The molecule has 1 aromatic rings. The first-order chi connectivity index (χ1) is 13.5. The van der Waals surface area contributed by atoms with Crippen molar-refractivity contribution in [3.05, 3.63) is 23.8 Å². The molecule has 7 nitrogen and oxygen atoms in total. The van der Waals surface area contributed by atoms with Crippen molar-refractivity contribution in [2.24, 2.45) is 10.9 Å². The highest BCUT2D eigenvalue weighted by Gasteiger charge is 2.20. The number of phenols is 1. The maximum Gasteiger partial charge on any atom is 0.191 e. The summed E-state index contributed by atoms with van der Waals surface area (Å²) < 4.78 is 11.1. The van der Waals surface area contributed by atoms with E-state index >= 15 is 0 Å². The molecule has 1 saturated heterocycles. The van der Waals surface area contributed by atoms with Crippen LogP contribution in [0.1, 0.15) is 26.3 Å². The second-order valence-corrected chi connectivity index (χ2v) is 7.55. The number of ether oxygens (including phenoxy) is 2. The summed E-state index contributed by atoms with van der Waals surface area (Å²) in [4.78, 5) is 7.17. The molecular formula is C21H36N4O3. The van der Waals surface area contributed by atoms with Crippen LogP contribution in [0.2, 0.25) is 0 Å². The Bertz CT molecular complexity index is 622. The molecular weight excluding hydrogens is 356 g/mol. The molecule has 0 aliphatic carbocycles. The fourth-order valence-corrected chi connectivity index (χ4v) is 3.31. The van der Waals surface area contributed by atoms with Gasteiger partial charge in [0.05, 0.1) is 26.4 Å². The zero-order valence-electron chi connectivity index (χ0n) is 17.7. The molecule has 0 radical (unpaired) electrons. The van der Waals surface area contributed by atoms with Gasteiger partial charge >= 0.3 is 0 Å². The summed E-state index contributed by atoms with van der Waals surface area (Å²) in [5.74, 6) is 2.13. The summed E-state index contributed by atoms with van der Waals surface area (Å²) in [6, 6.07) is 5.43. The molecule has 1 aliphatic heterocycles. The summed E-state index contributed by atoms with van der Waals surface area (Å²) in [5.41, 5.74) is 1.10. The van der Waals surface area contributed by atoms with Crippen molar-refractivity contribution in [1.29, 1.82) is 0 Å². The number of rotatable bonds is 9. The predicted octanol–water partition coefficient (Wildman–Crippen LogP) is 1.86. The van der Waals surface area contributed by atoms with Gasteiger partial charge in [-0.15, -0.1) is 0 Å². The van der Waals surface area contributed by atoms with Gasteiger partial charge in [-0.2, -0.15) is 0 Å². The van der Waals surface area contributed by atoms with E-state index in [2.05, 4.69) is 36.3 Å². The van der Waals surface area contributed by atoms with E-state index < -0.39 is 0 Å². The molecule has 0 spiro atoms. The van der Waals surface area contributed by atoms with Crippen LogP contribution in [0.15, 0.2) is 23.2 Å². The number of nitrogens with zero attached hydrogens (tertiary/aromatic N) is 2. The van der Waals surface area contributed by atoms with Crippen molar-refractivity contribution >= 4 is 5.96 Å². The Morgan fingerprint density at radius 3 is 2.93 bits per heavy atom. The molecule has 28 heavy (non-hydrogen) atoms. The number of nitrogens with one attached hydrogen (secondary N) is 2. The van der Waals surface area contributed by atoms with Crippen LogP contribution in [0.3, 0.4) is 0 Å². The van der Waals surface area contributed by atoms with Crippen LogP contribution in [0.4, 0.5) is 0 Å². The quantitative estimate of drug-likeness (QED) is 0.440. The van der Waals surface area contributed by atoms with Crippen LogP contribution in [0.5, 0.6) is 11.5 Å². The summed E-state index contributed by atoms with van der Waals surface area (Å²) in [5, 5.41) is 16.4. The zero-order chi connectivity index (χ0) is 20.4. The normalized spacial score (nSPS) is 18.3. The maximum absolute atomic E-state index is 9.69. The van der Waals surface area contributed by atoms with Gasteiger partial charge in [-0.3, -0.25) is 9.89 Å². The molecule has 0 aromatic heterocycles. The van der Waals surface area contributed by atoms with Crippen molar-refractivity contribution in [2.45, 2.75) is 33.3 Å². The third-order valence-electron chi connectivity index (χ3n) is 4.59. The zero-order valence-corrected chi connectivity index (χ0v) is 17.7. The van der Waals surface area contributed by atoms with E-state index in [1.807, 2.05) is 12.1 Å². The molecule has 1 unspecified atom stereocenters.